The number of hydrogen-bond donors (Lipinski definition) is 2. The van der Waals surface area contributed by atoms with Gasteiger partial charge in [0.25, 0.3) is 0 Å². The van der Waals surface area contributed by atoms with Gasteiger partial charge in [0.2, 0.25) is 15.2 Å². The largest absolute Gasteiger partial charge is 0.392 e. The molecule has 4 atom stereocenters. The molecule has 2 heterocycles. The van der Waals surface area contributed by atoms with Crippen molar-refractivity contribution in [1.29, 1.82) is 0 Å². The lowest BCUT2D eigenvalue weighted by Gasteiger charge is -2.41. The Morgan fingerprint density at radius 1 is 0.784 bits per heavy atom. The van der Waals surface area contributed by atoms with E-state index in [1.165, 1.54) is 11.8 Å². The molecule has 6 aromatic rings. The smallest absolute Gasteiger partial charge is 0.240 e. The lowest BCUT2D eigenvalue weighted by Crippen LogP contribution is -2.38. The second-order valence-electron chi connectivity index (χ2n) is 12.3. The second kappa shape index (κ2) is 15.7. The van der Waals surface area contributed by atoms with Gasteiger partial charge < -0.3 is 14.6 Å². The topological polar surface area (TPSA) is 128 Å². The molecule has 0 saturated carbocycles. The fourth-order valence-electron chi connectivity index (χ4n) is 6.05. The Morgan fingerprint density at radius 2 is 1.49 bits per heavy atom. The van der Waals surface area contributed by atoms with E-state index in [1.54, 1.807) is 35.0 Å². The van der Waals surface area contributed by atoms with Gasteiger partial charge in [0, 0.05) is 23.8 Å². The van der Waals surface area contributed by atoms with Gasteiger partial charge in [-0.3, -0.25) is 0 Å². The van der Waals surface area contributed by atoms with E-state index in [4.69, 9.17) is 9.47 Å². The number of sulfonamides is 1. The third-order valence-electron chi connectivity index (χ3n) is 8.88. The number of aliphatic hydroxyl groups excluding tert-OH is 1. The van der Waals surface area contributed by atoms with Crippen molar-refractivity contribution in [2.24, 2.45) is 5.92 Å². The average molecular weight is 720 g/mol. The molecular weight excluding hydrogens is 683 g/mol. The Kier molecular flexibility index (Phi) is 10.7. The highest BCUT2D eigenvalue weighted by Crippen LogP contribution is 2.43. The molecule has 10 nitrogen and oxygen atoms in total. The van der Waals surface area contributed by atoms with Crippen LogP contribution in [0.1, 0.15) is 41.6 Å². The highest BCUT2D eigenvalue weighted by atomic mass is 32.2. The number of tetrazole rings is 1. The van der Waals surface area contributed by atoms with Crippen molar-refractivity contribution < 1.29 is 23.0 Å². The molecule has 1 aliphatic rings. The van der Waals surface area contributed by atoms with Crippen LogP contribution in [0.15, 0.2) is 144 Å². The van der Waals surface area contributed by atoms with E-state index >= 15 is 0 Å². The van der Waals surface area contributed by atoms with Crippen LogP contribution in [0.25, 0.3) is 16.8 Å². The zero-order chi connectivity index (χ0) is 35.2. The van der Waals surface area contributed by atoms with Crippen LogP contribution in [0, 0.1) is 5.92 Å². The molecule has 0 radical (unpaired) electrons. The van der Waals surface area contributed by atoms with E-state index in [9.17, 15) is 13.5 Å². The summed E-state index contributed by atoms with van der Waals surface area (Å²) in [4.78, 5) is 0.227. The Balaban J connectivity index is 1.12. The number of nitrogens with one attached hydrogen (secondary N) is 1. The van der Waals surface area contributed by atoms with E-state index in [1.807, 2.05) is 97.1 Å². The Morgan fingerprint density at radius 3 is 2.24 bits per heavy atom. The fourth-order valence-corrected chi connectivity index (χ4v) is 8.15. The van der Waals surface area contributed by atoms with E-state index in [2.05, 4.69) is 33.2 Å². The zero-order valence-corrected chi connectivity index (χ0v) is 29.5. The Hall–Kier alpha value is -4.69. The first-order chi connectivity index (χ1) is 24.9. The lowest BCUT2D eigenvalue weighted by atomic mass is 9.91. The molecule has 0 aliphatic carbocycles. The van der Waals surface area contributed by atoms with E-state index in [0.717, 1.165) is 39.1 Å². The molecule has 1 aromatic heterocycles. The molecule has 1 saturated heterocycles. The van der Waals surface area contributed by atoms with Gasteiger partial charge in [-0.15, -0.1) is 5.10 Å². The van der Waals surface area contributed by atoms with Crippen LogP contribution >= 0.6 is 11.8 Å². The molecule has 0 amide bonds. The second-order valence-corrected chi connectivity index (χ2v) is 15.1. The van der Waals surface area contributed by atoms with Gasteiger partial charge >= 0.3 is 0 Å². The minimum atomic E-state index is -3.64. The van der Waals surface area contributed by atoms with Crippen LogP contribution in [0.4, 0.5) is 0 Å². The summed E-state index contributed by atoms with van der Waals surface area (Å²) in [5.41, 5.74) is 6.28. The van der Waals surface area contributed by atoms with Gasteiger partial charge in [0.15, 0.2) is 6.29 Å². The number of thioether (sulfide) groups is 1. The molecule has 0 spiro atoms. The molecule has 4 unspecified atom stereocenters. The SMILES string of the molecule is CC1C(CSc2nnnn2-c2ccccc2)OC(c2cccc(-c3cccc(CNS(=O)(=O)c4ccccc4)c3)c2)OC1c1ccc(CO)cc1. The summed E-state index contributed by atoms with van der Waals surface area (Å²) >= 11 is 1.53. The molecule has 51 heavy (non-hydrogen) atoms. The summed E-state index contributed by atoms with van der Waals surface area (Å²) in [7, 11) is -3.64. The molecule has 7 rings (SSSR count). The summed E-state index contributed by atoms with van der Waals surface area (Å²) in [6, 6.07) is 41.8. The van der Waals surface area contributed by atoms with Crippen molar-refractivity contribution in [2.45, 2.75) is 48.6 Å². The van der Waals surface area contributed by atoms with E-state index in [-0.39, 0.29) is 36.2 Å². The monoisotopic (exact) mass is 719 g/mol. The van der Waals surface area contributed by atoms with Gasteiger partial charge in [-0.05, 0) is 74.6 Å². The Bertz CT molecular complexity index is 2170. The standard InChI is InChI=1S/C39H37N5O5S2/c1-27-36(26-50-39-41-42-43-44(39)34-14-4-2-5-15-34)48-38(49-37(27)30-20-18-28(25-45)19-21-30)33-13-9-12-32(23-33)31-11-8-10-29(22-31)24-40-51(46,47)35-16-6-3-7-17-35/h2-23,27,36-38,40,45H,24-26H2,1H3. The van der Waals surface area contributed by atoms with Gasteiger partial charge in [0.05, 0.1) is 29.4 Å². The number of benzene rings is 5. The Labute approximate surface area is 301 Å². The fraction of sp³-hybridized carbons (Fsp3) is 0.205. The van der Waals surface area contributed by atoms with Crippen LogP contribution in [-0.4, -0.2) is 45.6 Å². The van der Waals surface area contributed by atoms with Gasteiger partial charge in [0.1, 0.15) is 0 Å². The van der Waals surface area contributed by atoms with Crippen molar-refractivity contribution in [2.75, 3.05) is 5.75 Å². The first kappa shape index (κ1) is 34.7. The summed E-state index contributed by atoms with van der Waals surface area (Å²) < 4.78 is 43.5. The average Bonchev–Trinajstić information content (AvgIpc) is 3.66. The predicted octanol–water partition coefficient (Wildman–Crippen LogP) is 6.88. The van der Waals surface area contributed by atoms with Gasteiger partial charge in [-0.2, -0.15) is 4.68 Å². The molecule has 1 aliphatic heterocycles. The summed E-state index contributed by atoms with van der Waals surface area (Å²) in [6.45, 7) is 2.25. The van der Waals surface area contributed by atoms with Crippen LogP contribution < -0.4 is 4.72 Å². The molecule has 5 aromatic carbocycles. The first-order valence-electron chi connectivity index (χ1n) is 16.6. The summed E-state index contributed by atoms with van der Waals surface area (Å²) in [5, 5.41) is 22.7. The maximum Gasteiger partial charge on any atom is 0.240 e. The van der Waals surface area contributed by atoms with Gasteiger partial charge in [-0.1, -0.05) is 116 Å². The van der Waals surface area contributed by atoms with E-state index in [0.29, 0.717) is 10.9 Å². The van der Waals surface area contributed by atoms with Crippen molar-refractivity contribution in [3.05, 3.63) is 156 Å². The highest BCUT2D eigenvalue weighted by molar-refractivity contribution is 7.99. The van der Waals surface area contributed by atoms with E-state index < -0.39 is 16.3 Å². The first-order valence-corrected chi connectivity index (χ1v) is 19.1. The van der Waals surface area contributed by atoms with Gasteiger partial charge in [-0.25, -0.2) is 13.1 Å². The predicted molar refractivity (Wildman–Crippen MR) is 195 cm³/mol. The number of para-hydroxylation sites is 1. The summed E-state index contributed by atoms with van der Waals surface area (Å²) in [5.74, 6) is 0.564. The molecule has 1 fully saturated rings. The number of aromatic nitrogens is 4. The number of rotatable bonds is 12. The molecule has 260 valence electrons. The normalized spacial score (nSPS) is 19.2. The molecule has 0 bridgehead atoms. The van der Waals surface area contributed by atoms with Crippen molar-refractivity contribution in [3.63, 3.8) is 0 Å². The minimum absolute atomic E-state index is 0.0192. The molecule has 12 heteroatoms. The zero-order valence-electron chi connectivity index (χ0n) is 27.8. The third kappa shape index (κ3) is 8.12. The van der Waals surface area contributed by atoms with Crippen molar-refractivity contribution in [3.8, 4) is 16.8 Å². The van der Waals surface area contributed by atoms with Crippen LogP contribution in [-0.2, 0) is 32.6 Å². The van der Waals surface area contributed by atoms with Crippen molar-refractivity contribution >= 4 is 21.8 Å². The maximum absolute atomic E-state index is 12.8. The summed E-state index contributed by atoms with van der Waals surface area (Å²) in [6.07, 6.45) is -1.17. The van der Waals surface area contributed by atoms with Crippen LogP contribution in [0.2, 0.25) is 0 Å². The van der Waals surface area contributed by atoms with Crippen LogP contribution in [0.3, 0.4) is 0 Å². The minimum Gasteiger partial charge on any atom is -0.392 e. The molecular formula is C39H37N5O5S2. The maximum atomic E-state index is 12.8. The third-order valence-corrected chi connectivity index (χ3v) is 11.3. The quantitative estimate of drug-likeness (QED) is 0.130. The highest BCUT2D eigenvalue weighted by Gasteiger charge is 2.38. The van der Waals surface area contributed by atoms with Crippen LogP contribution in [0.5, 0.6) is 0 Å². The molecule has 2 N–H and O–H groups in total. The lowest BCUT2D eigenvalue weighted by molar-refractivity contribution is -0.268. The van der Waals surface area contributed by atoms with Crippen molar-refractivity contribution in [1.82, 2.24) is 24.9 Å². The number of ether oxygens (including phenoxy) is 2. The number of aliphatic hydroxyl groups is 1. The number of hydrogen-bond acceptors (Lipinski definition) is 9. The number of nitrogens with zero attached hydrogens (tertiary/aromatic N) is 4.